The molecule has 1 unspecified atom stereocenters. The second kappa shape index (κ2) is 6.31. The van der Waals surface area contributed by atoms with Crippen LogP contribution in [0.1, 0.15) is 35.4 Å². The first-order chi connectivity index (χ1) is 10.9. The summed E-state index contributed by atoms with van der Waals surface area (Å²) in [6.45, 7) is -1.14. The largest absolute Gasteiger partial charge is 0.406 e. The maximum atomic E-state index is 12.5. The third-order valence-electron chi connectivity index (χ3n) is 3.60. The van der Waals surface area contributed by atoms with Gasteiger partial charge in [-0.3, -0.25) is 4.79 Å². The summed E-state index contributed by atoms with van der Waals surface area (Å²) in [5, 5.41) is 5.75. The van der Waals surface area contributed by atoms with E-state index in [1.54, 1.807) is 11.3 Å². The van der Waals surface area contributed by atoms with Crippen molar-refractivity contribution in [1.29, 1.82) is 0 Å². The van der Waals surface area contributed by atoms with Gasteiger partial charge in [-0.05, 0) is 24.3 Å². The van der Waals surface area contributed by atoms with E-state index in [1.807, 2.05) is 17.5 Å². The number of amides is 1. The molecule has 0 spiro atoms. The van der Waals surface area contributed by atoms with E-state index in [-0.39, 0.29) is 12.4 Å². The zero-order chi connectivity index (χ0) is 16.4. The topological polar surface area (TPSA) is 59.2 Å². The van der Waals surface area contributed by atoms with Gasteiger partial charge < -0.3 is 9.42 Å². The summed E-state index contributed by atoms with van der Waals surface area (Å²) in [5.41, 5.74) is 0. The lowest BCUT2D eigenvalue weighted by molar-refractivity contribution is -0.165. The van der Waals surface area contributed by atoms with Gasteiger partial charge in [-0.2, -0.15) is 18.2 Å². The molecule has 23 heavy (non-hydrogen) atoms. The van der Waals surface area contributed by atoms with Crippen LogP contribution in [0.3, 0.4) is 0 Å². The second-order valence-electron chi connectivity index (χ2n) is 5.37. The van der Waals surface area contributed by atoms with Crippen molar-refractivity contribution < 1.29 is 22.5 Å². The molecule has 2 aromatic rings. The average Bonchev–Trinajstić information content (AvgIpc) is 3.12. The third-order valence-corrected chi connectivity index (χ3v) is 4.47. The number of carbonyl (C=O) groups excluding carboxylic acids is 1. The Morgan fingerprint density at radius 3 is 2.96 bits per heavy atom. The molecule has 0 aromatic carbocycles. The molecule has 2 aromatic heterocycles. The van der Waals surface area contributed by atoms with Crippen molar-refractivity contribution in [2.24, 2.45) is 0 Å². The van der Waals surface area contributed by atoms with Crippen LogP contribution in [0.4, 0.5) is 13.2 Å². The number of aromatic nitrogens is 2. The van der Waals surface area contributed by atoms with Crippen molar-refractivity contribution in [2.75, 3.05) is 13.1 Å². The highest BCUT2D eigenvalue weighted by atomic mass is 32.1. The Balaban J connectivity index is 1.71. The van der Waals surface area contributed by atoms with Gasteiger partial charge in [0, 0.05) is 17.8 Å². The van der Waals surface area contributed by atoms with Gasteiger partial charge in [-0.1, -0.05) is 11.2 Å². The minimum atomic E-state index is -4.41. The predicted octanol–water partition coefficient (Wildman–Crippen LogP) is 2.99. The van der Waals surface area contributed by atoms with Crippen molar-refractivity contribution in [2.45, 2.75) is 31.4 Å². The molecule has 5 nitrogen and oxygen atoms in total. The molecule has 1 atom stereocenters. The number of halogens is 3. The quantitative estimate of drug-likeness (QED) is 0.855. The van der Waals surface area contributed by atoms with Crippen LogP contribution in [0.25, 0.3) is 0 Å². The number of carbonyl (C=O) groups is 1. The lowest BCUT2D eigenvalue weighted by Gasteiger charge is -2.31. The molecule has 0 N–H and O–H groups in total. The molecule has 3 rings (SSSR count). The smallest absolute Gasteiger partial charge is 0.338 e. The minimum Gasteiger partial charge on any atom is -0.338 e. The highest BCUT2D eigenvalue weighted by Crippen LogP contribution is 2.29. The first kappa shape index (κ1) is 16.0. The molecule has 0 bridgehead atoms. The van der Waals surface area contributed by atoms with E-state index >= 15 is 0 Å². The van der Waals surface area contributed by atoms with E-state index < -0.39 is 24.5 Å². The molecule has 0 saturated carbocycles. The van der Waals surface area contributed by atoms with Crippen LogP contribution >= 0.6 is 11.3 Å². The van der Waals surface area contributed by atoms with Crippen LogP contribution in [0.15, 0.2) is 22.0 Å². The van der Waals surface area contributed by atoms with Gasteiger partial charge in [0.1, 0.15) is 12.5 Å². The van der Waals surface area contributed by atoms with Crippen LogP contribution < -0.4 is 0 Å². The van der Waals surface area contributed by atoms with E-state index in [2.05, 4.69) is 10.1 Å². The first-order valence-corrected chi connectivity index (χ1v) is 8.01. The SMILES string of the molecule is O=C1C(c2nc(Cc3cccs3)no2)CCCN1CC(F)(F)F. The molecule has 1 fully saturated rings. The Hall–Kier alpha value is -1.90. The number of hydrogen-bond donors (Lipinski definition) is 0. The number of piperidine rings is 1. The number of nitrogens with zero attached hydrogens (tertiary/aromatic N) is 3. The van der Waals surface area contributed by atoms with E-state index in [4.69, 9.17) is 4.52 Å². The van der Waals surface area contributed by atoms with Crippen molar-refractivity contribution in [3.8, 4) is 0 Å². The molecular formula is C14H14F3N3O2S. The zero-order valence-corrected chi connectivity index (χ0v) is 12.9. The Labute approximate surface area is 134 Å². The molecular weight excluding hydrogens is 331 g/mol. The highest BCUT2D eigenvalue weighted by molar-refractivity contribution is 7.09. The number of alkyl halides is 3. The van der Waals surface area contributed by atoms with Crippen molar-refractivity contribution in [1.82, 2.24) is 15.0 Å². The number of hydrogen-bond acceptors (Lipinski definition) is 5. The van der Waals surface area contributed by atoms with E-state index in [1.165, 1.54) is 0 Å². The molecule has 1 amide bonds. The molecule has 3 heterocycles. The normalized spacial score (nSPS) is 19.3. The van der Waals surface area contributed by atoms with Crippen molar-refractivity contribution in [3.05, 3.63) is 34.1 Å². The minimum absolute atomic E-state index is 0.102. The molecule has 0 aliphatic carbocycles. The highest BCUT2D eigenvalue weighted by Gasteiger charge is 2.39. The summed E-state index contributed by atoms with van der Waals surface area (Å²) in [6.07, 6.45) is -3.02. The summed E-state index contributed by atoms with van der Waals surface area (Å²) in [6, 6.07) is 3.83. The molecule has 9 heteroatoms. The maximum Gasteiger partial charge on any atom is 0.406 e. The van der Waals surface area contributed by atoms with Crippen LogP contribution in [0, 0.1) is 0 Å². The van der Waals surface area contributed by atoms with Crippen LogP contribution in [-0.4, -0.2) is 40.2 Å². The average molecular weight is 345 g/mol. The second-order valence-corrected chi connectivity index (χ2v) is 6.41. The fourth-order valence-electron chi connectivity index (χ4n) is 2.59. The summed E-state index contributed by atoms with van der Waals surface area (Å²) < 4.78 is 42.7. The van der Waals surface area contributed by atoms with E-state index in [9.17, 15) is 18.0 Å². The Morgan fingerprint density at radius 2 is 2.26 bits per heavy atom. The lowest BCUT2D eigenvalue weighted by Crippen LogP contribution is -2.45. The summed E-state index contributed by atoms with van der Waals surface area (Å²) in [7, 11) is 0. The molecule has 1 aliphatic rings. The van der Waals surface area contributed by atoms with E-state index in [0.29, 0.717) is 25.1 Å². The van der Waals surface area contributed by atoms with Crippen LogP contribution in [0.2, 0.25) is 0 Å². The number of rotatable bonds is 4. The summed E-state index contributed by atoms with van der Waals surface area (Å²) in [5.74, 6) is -0.841. The Kier molecular flexibility index (Phi) is 4.38. The fourth-order valence-corrected chi connectivity index (χ4v) is 3.29. The Morgan fingerprint density at radius 1 is 1.43 bits per heavy atom. The number of thiophene rings is 1. The standard InChI is InChI=1S/C14H14F3N3O2S/c15-14(16,17)8-20-5-1-4-10(13(20)21)12-18-11(19-22-12)7-9-3-2-6-23-9/h2-3,6,10H,1,4-5,7-8H2. The monoisotopic (exact) mass is 345 g/mol. The fraction of sp³-hybridized carbons (Fsp3) is 0.500. The maximum absolute atomic E-state index is 12.5. The van der Waals surface area contributed by atoms with E-state index in [0.717, 1.165) is 9.78 Å². The summed E-state index contributed by atoms with van der Waals surface area (Å²) >= 11 is 1.55. The Bertz CT molecular complexity index is 669. The van der Waals surface area contributed by atoms with Gasteiger partial charge in [-0.15, -0.1) is 11.3 Å². The number of likely N-dealkylation sites (tertiary alicyclic amines) is 1. The molecule has 1 aliphatic heterocycles. The van der Waals surface area contributed by atoms with Gasteiger partial charge in [0.25, 0.3) is 0 Å². The van der Waals surface area contributed by atoms with Gasteiger partial charge in [0.2, 0.25) is 11.8 Å². The van der Waals surface area contributed by atoms with Crippen LogP contribution in [-0.2, 0) is 11.2 Å². The van der Waals surface area contributed by atoms with Gasteiger partial charge in [0.05, 0.1) is 0 Å². The van der Waals surface area contributed by atoms with Crippen molar-refractivity contribution in [3.63, 3.8) is 0 Å². The van der Waals surface area contributed by atoms with Crippen LogP contribution in [0.5, 0.6) is 0 Å². The summed E-state index contributed by atoms with van der Waals surface area (Å²) in [4.78, 5) is 18.3. The van der Waals surface area contributed by atoms with Gasteiger partial charge >= 0.3 is 6.18 Å². The molecule has 0 radical (unpaired) electrons. The predicted molar refractivity (Wildman–Crippen MR) is 76.0 cm³/mol. The van der Waals surface area contributed by atoms with Crippen molar-refractivity contribution >= 4 is 17.2 Å². The van der Waals surface area contributed by atoms with Gasteiger partial charge in [-0.25, -0.2) is 0 Å². The molecule has 1 saturated heterocycles. The zero-order valence-electron chi connectivity index (χ0n) is 12.0. The third kappa shape index (κ3) is 3.90. The molecule has 124 valence electrons. The lowest BCUT2D eigenvalue weighted by atomic mass is 9.97. The first-order valence-electron chi connectivity index (χ1n) is 7.13. The van der Waals surface area contributed by atoms with Gasteiger partial charge in [0.15, 0.2) is 5.82 Å².